The molecule has 2 nitrogen and oxygen atoms in total. The Morgan fingerprint density at radius 1 is 1.29 bits per heavy atom. The highest BCUT2D eigenvalue weighted by molar-refractivity contribution is 9.09. The second-order valence-electron chi connectivity index (χ2n) is 6.42. The number of hydrogen-bond acceptors (Lipinski definition) is 2. The highest BCUT2D eigenvalue weighted by Crippen LogP contribution is 2.49. The second kappa shape index (κ2) is 3.84. The van der Waals surface area contributed by atoms with Gasteiger partial charge in [0.15, 0.2) is 5.78 Å². The van der Waals surface area contributed by atoms with Crippen LogP contribution in [0.1, 0.15) is 46.0 Å². The molecule has 1 heterocycles. The molecule has 3 atom stereocenters. The lowest BCUT2D eigenvalue weighted by atomic mass is 9.69. The van der Waals surface area contributed by atoms with E-state index in [0.717, 1.165) is 30.6 Å². The van der Waals surface area contributed by atoms with Gasteiger partial charge in [-0.1, -0.05) is 29.8 Å². The number of fused-ring (bicyclic) bond motifs is 3. The van der Waals surface area contributed by atoms with Crippen LogP contribution in [-0.4, -0.2) is 16.7 Å². The van der Waals surface area contributed by atoms with Crippen molar-refractivity contribution in [1.82, 2.24) is 0 Å². The van der Waals surface area contributed by atoms with Crippen LogP contribution in [0.4, 0.5) is 0 Å². The summed E-state index contributed by atoms with van der Waals surface area (Å²) in [6.45, 7) is 4.32. The van der Waals surface area contributed by atoms with Gasteiger partial charge in [-0.25, -0.2) is 0 Å². The zero-order valence-corrected chi connectivity index (χ0v) is 12.0. The second-order valence-corrected chi connectivity index (χ2v) is 7.47. The van der Waals surface area contributed by atoms with Gasteiger partial charge in [-0.15, -0.1) is 0 Å². The molecular weight excluding hydrogens is 280 g/mol. The third-order valence-corrected chi connectivity index (χ3v) is 5.51. The maximum absolute atomic E-state index is 12.3. The normalized spacial score (nSPS) is 39.7. The summed E-state index contributed by atoms with van der Waals surface area (Å²) in [5, 5.41) is 0. The van der Waals surface area contributed by atoms with Crippen molar-refractivity contribution in [2.24, 2.45) is 11.3 Å². The van der Waals surface area contributed by atoms with Gasteiger partial charge in [0.2, 0.25) is 0 Å². The Balaban J connectivity index is 2.02. The molecule has 2 aliphatic carbocycles. The number of allylic oxidation sites excluding steroid dienone is 2. The molecule has 0 aromatic carbocycles. The smallest absolute Gasteiger partial charge is 0.163 e. The van der Waals surface area contributed by atoms with Gasteiger partial charge in [0.25, 0.3) is 0 Å². The number of hydrogen-bond donors (Lipinski definition) is 0. The summed E-state index contributed by atoms with van der Waals surface area (Å²) in [6, 6.07) is 0. The predicted molar refractivity (Wildman–Crippen MR) is 70.0 cm³/mol. The van der Waals surface area contributed by atoms with Gasteiger partial charge in [0.05, 0.1) is 4.83 Å². The first-order valence-electron chi connectivity index (χ1n) is 6.55. The van der Waals surface area contributed by atoms with Gasteiger partial charge >= 0.3 is 0 Å². The number of ether oxygens (including phenoxy) is 1. The van der Waals surface area contributed by atoms with E-state index in [4.69, 9.17) is 4.74 Å². The van der Waals surface area contributed by atoms with Crippen LogP contribution >= 0.6 is 15.9 Å². The number of Topliss-reactive ketones (excluding diaryl/α,β-unsaturated/α-hetero) is 1. The number of carbonyl (C=O) groups is 1. The van der Waals surface area contributed by atoms with Crippen LogP contribution in [0, 0.1) is 11.3 Å². The van der Waals surface area contributed by atoms with Crippen molar-refractivity contribution >= 4 is 21.7 Å². The summed E-state index contributed by atoms with van der Waals surface area (Å²) in [5.41, 5.74) is 1.09. The zero-order valence-electron chi connectivity index (χ0n) is 10.5. The molecule has 0 amide bonds. The first kappa shape index (κ1) is 11.8. The average molecular weight is 299 g/mol. The summed E-state index contributed by atoms with van der Waals surface area (Å²) in [7, 11) is 0. The van der Waals surface area contributed by atoms with Crippen molar-refractivity contribution in [3.63, 3.8) is 0 Å². The summed E-state index contributed by atoms with van der Waals surface area (Å²) in [6.07, 6.45) is 5.34. The highest BCUT2D eigenvalue weighted by atomic mass is 79.9. The Bertz CT molecular complexity index is 397. The predicted octanol–water partition coefficient (Wildman–Crippen LogP) is 3.59. The Kier molecular flexibility index (Phi) is 2.66. The molecule has 1 fully saturated rings. The fourth-order valence-electron chi connectivity index (χ4n) is 3.52. The van der Waals surface area contributed by atoms with Gasteiger partial charge in [-0.2, -0.15) is 0 Å². The van der Waals surface area contributed by atoms with Crippen molar-refractivity contribution in [2.75, 3.05) is 0 Å². The van der Waals surface area contributed by atoms with Crippen molar-refractivity contribution in [3.8, 4) is 0 Å². The van der Waals surface area contributed by atoms with E-state index in [1.54, 1.807) is 0 Å². The maximum Gasteiger partial charge on any atom is 0.163 e. The third kappa shape index (κ3) is 1.87. The minimum Gasteiger partial charge on any atom is -0.493 e. The van der Waals surface area contributed by atoms with E-state index in [1.807, 2.05) is 0 Å². The van der Waals surface area contributed by atoms with E-state index in [1.165, 1.54) is 6.42 Å². The van der Waals surface area contributed by atoms with Gasteiger partial charge in [0, 0.05) is 24.3 Å². The van der Waals surface area contributed by atoms with Crippen molar-refractivity contribution < 1.29 is 9.53 Å². The summed E-state index contributed by atoms with van der Waals surface area (Å²) >= 11 is 3.74. The minimum atomic E-state index is 0.0728. The van der Waals surface area contributed by atoms with Crippen LogP contribution in [0.15, 0.2) is 11.3 Å². The van der Waals surface area contributed by atoms with E-state index in [-0.39, 0.29) is 11.5 Å². The number of rotatable bonds is 0. The van der Waals surface area contributed by atoms with E-state index in [2.05, 4.69) is 29.8 Å². The van der Waals surface area contributed by atoms with Crippen LogP contribution in [0.3, 0.4) is 0 Å². The largest absolute Gasteiger partial charge is 0.493 e. The van der Waals surface area contributed by atoms with Crippen LogP contribution < -0.4 is 0 Å². The Morgan fingerprint density at radius 2 is 2.06 bits per heavy atom. The molecule has 94 valence electrons. The summed E-state index contributed by atoms with van der Waals surface area (Å²) in [4.78, 5) is 12.7. The average Bonchev–Trinajstić information content (AvgIpc) is 2.16. The Morgan fingerprint density at radius 3 is 2.82 bits per heavy atom. The maximum atomic E-state index is 12.3. The van der Waals surface area contributed by atoms with E-state index in [9.17, 15) is 4.79 Å². The monoisotopic (exact) mass is 298 g/mol. The molecule has 1 aliphatic heterocycles. The Labute approximate surface area is 111 Å². The molecule has 0 aromatic heterocycles. The lowest BCUT2D eigenvalue weighted by Crippen LogP contribution is -2.45. The third-order valence-electron chi connectivity index (χ3n) is 4.29. The molecule has 0 aromatic rings. The molecular formula is C14H19BrO2. The van der Waals surface area contributed by atoms with Crippen LogP contribution in [0.2, 0.25) is 0 Å². The molecule has 0 radical (unpaired) electrons. The first-order chi connectivity index (χ1) is 7.98. The van der Waals surface area contributed by atoms with E-state index in [0.29, 0.717) is 22.9 Å². The Hall–Kier alpha value is -0.310. The molecule has 0 spiro atoms. The molecule has 2 bridgehead atoms. The molecule has 17 heavy (non-hydrogen) atoms. The summed E-state index contributed by atoms with van der Waals surface area (Å²) in [5.74, 6) is 1.74. The standard InChI is InChI=1S/C14H19BrO2/c1-14(2)6-9(16)12-8-4-3-5-10(13(8)15)17-11(12)7-14/h8,10,13H,3-7H2,1-2H3/t8-,10-,13+/m0/s1. The van der Waals surface area contributed by atoms with Crippen molar-refractivity contribution in [1.29, 1.82) is 0 Å². The molecule has 1 saturated carbocycles. The lowest BCUT2D eigenvalue weighted by molar-refractivity contribution is -0.121. The molecule has 0 unspecified atom stereocenters. The molecule has 3 aliphatic rings. The lowest BCUT2D eigenvalue weighted by Gasteiger charge is -2.45. The summed E-state index contributed by atoms with van der Waals surface area (Å²) < 4.78 is 6.09. The highest BCUT2D eigenvalue weighted by Gasteiger charge is 2.47. The van der Waals surface area contributed by atoms with Crippen molar-refractivity contribution in [2.45, 2.75) is 56.9 Å². The minimum absolute atomic E-state index is 0.0728. The zero-order chi connectivity index (χ0) is 12.2. The molecule has 0 N–H and O–H groups in total. The van der Waals surface area contributed by atoms with Crippen molar-refractivity contribution in [3.05, 3.63) is 11.3 Å². The fraction of sp³-hybridized carbons (Fsp3) is 0.786. The van der Waals surface area contributed by atoms with E-state index >= 15 is 0 Å². The fourth-order valence-corrected chi connectivity index (χ4v) is 4.42. The van der Waals surface area contributed by atoms with Crippen LogP contribution in [0.5, 0.6) is 0 Å². The van der Waals surface area contributed by atoms with Crippen LogP contribution in [-0.2, 0) is 9.53 Å². The van der Waals surface area contributed by atoms with Gasteiger partial charge in [-0.05, 0) is 24.7 Å². The molecule has 0 saturated heterocycles. The number of ketones is 1. The quantitative estimate of drug-likeness (QED) is 0.639. The van der Waals surface area contributed by atoms with Crippen LogP contribution in [0.25, 0.3) is 0 Å². The van der Waals surface area contributed by atoms with Gasteiger partial charge in [0.1, 0.15) is 11.9 Å². The van der Waals surface area contributed by atoms with E-state index < -0.39 is 0 Å². The molecule has 3 heteroatoms. The number of carbonyl (C=O) groups excluding carboxylic acids is 1. The van der Waals surface area contributed by atoms with Gasteiger partial charge < -0.3 is 4.74 Å². The first-order valence-corrected chi connectivity index (χ1v) is 7.46. The molecule has 3 rings (SSSR count). The number of alkyl halides is 1. The topological polar surface area (TPSA) is 26.3 Å². The number of halogens is 1. The SMILES string of the molecule is CC1(C)CC(=O)C2=C(C1)O[C@H]1CCC[C@@H]2[C@H]1Br. The van der Waals surface area contributed by atoms with Gasteiger partial charge in [-0.3, -0.25) is 4.79 Å².